The lowest BCUT2D eigenvalue weighted by Gasteiger charge is -2.13. The van der Waals surface area contributed by atoms with Crippen LogP contribution in [0, 0.1) is 17.0 Å². The van der Waals surface area contributed by atoms with Crippen molar-refractivity contribution in [3.05, 3.63) is 97.5 Å². The van der Waals surface area contributed by atoms with Crippen molar-refractivity contribution in [3.8, 4) is 11.5 Å². The summed E-state index contributed by atoms with van der Waals surface area (Å²) in [6, 6.07) is 18.0. The number of nitro groups is 1. The van der Waals surface area contributed by atoms with Crippen LogP contribution in [0.25, 0.3) is 0 Å². The molecule has 0 aliphatic heterocycles. The number of aryl methyl sites for hydroxylation is 1. The summed E-state index contributed by atoms with van der Waals surface area (Å²) in [6.45, 7) is 2.58. The van der Waals surface area contributed by atoms with Crippen molar-refractivity contribution in [2.45, 2.75) is 20.1 Å². The van der Waals surface area contributed by atoms with Crippen LogP contribution in [0.1, 0.15) is 22.3 Å². The van der Waals surface area contributed by atoms with Crippen molar-refractivity contribution >= 4 is 27.8 Å². The van der Waals surface area contributed by atoms with Gasteiger partial charge in [0.2, 0.25) is 0 Å². The van der Waals surface area contributed by atoms with E-state index in [4.69, 9.17) is 14.3 Å². The van der Waals surface area contributed by atoms with E-state index in [0.717, 1.165) is 15.6 Å². The molecule has 0 atom stereocenters. The highest BCUT2D eigenvalue weighted by Crippen LogP contribution is 2.33. The van der Waals surface area contributed by atoms with Crippen molar-refractivity contribution in [3.63, 3.8) is 0 Å². The maximum atomic E-state index is 10.8. The van der Waals surface area contributed by atoms with Crippen LogP contribution in [0.3, 0.4) is 0 Å². The molecule has 0 unspecified atom stereocenters. The number of oxime groups is 1. The van der Waals surface area contributed by atoms with E-state index in [2.05, 4.69) is 21.1 Å². The van der Waals surface area contributed by atoms with Gasteiger partial charge in [-0.25, -0.2) is 0 Å². The molecule has 0 aliphatic carbocycles. The number of halogens is 1. The Morgan fingerprint density at radius 2 is 1.81 bits per heavy atom. The van der Waals surface area contributed by atoms with Gasteiger partial charge in [-0.1, -0.05) is 47.1 Å². The van der Waals surface area contributed by atoms with Gasteiger partial charge in [0.1, 0.15) is 13.2 Å². The second-order valence-corrected chi connectivity index (χ2v) is 7.59. The number of nitro benzene ring substituents is 1. The van der Waals surface area contributed by atoms with Crippen LogP contribution in [0.15, 0.2) is 70.3 Å². The Hall–Kier alpha value is -3.39. The summed E-state index contributed by atoms with van der Waals surface area (Å²) in [6.07, 6.45) is 1.54. The lowest BCUT2D eigenvalue weighted by Crippen LogP contribution is -1.99. The average Bonchev–Trinajstić information content (AvgIpc) is 2.77. The molecule has 3 rings (SSSR count). The first-order chi connectivity index (χ1) is 15.0. The van der Waals surface area contributed by atoms with E-state index in [0.29, 0.717) is 23.7 Å². The minimum atomic E-state index is -0.446. The van der Waals surface area contributed by atoms with E-state index in [-0.39, 0.29) is 12.3 Å². The normalized spacial score (nSPS) is 10.8. The summed E-state index contributed by atoms with van der Waals surface area (Å²) < 4.78 is 12.1. The van der Waals surface area contributed by atoms with Gasteiger partial charge in [-0.2, -0.15) is 0 Å². The predicted octanol–water partition coefficient (Wildman–Crippen LogP) is 5.80. The molecule has 31 heavy (non-hydrogen) atoms. The van der Waals surface area contributed by atoms with E-state index < -0.39 is 4.92 Å². The molecule has 0 amide bonds. The molecule has 7 nitrogen and oxygen atoms in total. The highest BCUT2D eigenvalue weighted by molar-refractivity contribution is 9.10. The topological polar surface area (TPSA) is 83.2 Å². The van der Waals surface area contributed by atoms with Crippen LogP contribution < -0.4 is 9.47 Å². The molecule has 3 aromatic rings. The highest BCUT2D eigenvalue weighted by atomic mass is 79.9. The monoisotopic (exact) mass is 484 g/mol. The summed E-state index contributed by atoms with van der Waals surface area (Å²) in [5.74, 6) is 1.17. The van der Waals surface area contributed by atoms with Crippen LogP contribution in [-0.2, 0) is 18.1 Å². The number of methoxy groups -OCH3 is 1. The number of hydrogen-bond acceptors (Lipinski definition) is 6. The van der Waals surface area contributed by atoms with Crippen molar-refractivity contribution in [1.29, 1.82) is 0 Å². The van der Waals surface area contributed by atoms with Gasteiger partial charge >= 0.3 is 0 Å². The van der Waals surface area contributed by atoms with Gasteiger partial charge in [-0.05, 0) is 46.1 Å². The fourth-order valence-corrected chi connectivity index (χ4v) is 3.16. The molecule has 0 aliphatic rings. The Balaban J connectivity index is 1.64. The van der Waals surface area contributed by atoms with Gasteiger partial charge in [0.25, 0.3) is 5.69 Å². The minimum Gasteiger partial charge on any atom is -0.493 e. The molecule has 8 heteroatoms. The van der Waals surface area contributed by atoms with Crippen molar-refractivity contribution in [2.75, 3.05) is 7.11 Å². The Kier molecular flexibility index (Phi) is 7.61. The third-order valence-corrected chi connectivity index (χ3v) is 5.10. The summed E-state index contributed by atoms with van der Waals surface area (Å²) in [7, 11) is 1.57. The third kappa shape index (κ3) is 6.29. The Bertz CT molecular complexity index is 1080. The van der Waals surface area contributed by atoms with Gasteiger partial charge in [-0.15, -0.1) is 0 Å². The van der Waals surface area contributed by atoms with Crippen molar-refractivity contribution in [2.24, 2.45) is 5.16 Å². The summed E-state index contributed by atoms with van der Waals surface area (Å²) in [4.78, 5) is 15.7. The summed E-state index contributed by atoms with van der Waals surface area (Å²) >= 11 is 3.51. The zero-order chi connectivity index (χ0) is 22.2. The molecule has 0 radical (unpaired) electrons. The lowest BCUT2D eigenvalue weighted by molar-refractivity contribution is -0.384. The summed E-state index contributed by atoms with van der Waals surface area (Å²) in [5, 5.41) is 14.8. The van der Waals surface area contributed by atoms with Gasteiger partial charge < -0.3 is 14.3 Å². The third-order valence-electron chi connectivity index (χ3n) is 4.42. The number of benzene rings is 3. The number of rotatable bonds is 9. The average molecular weight is 485 g/mol. The molecular formula is C23H21BrN2O5. The molecule has 0 bridgehead atoms. The van der Waals surface area contributed by atoms with E-state index in [1.54, 1.807) is 25.3 Å². The summed E-state index contributed by atoms with van der Waals surface area (Å²) in [5.41, 5.74) is 3.66. The van der Waals surface area contributed by atoms with Crippen LogP contribution in [0.2, 0.25) is 0 Å². The first-order valence-electron chi connectivity index (χ1n) is 9.41. The van der Waals surface area contributed by atoms with Gasteiger partial charge in [0.15, 0.2) is 11.5 Å². The Morgan fingerprint density at radius 3 is 2.52 bits per heavy atom. The van der Waals surface area contributed by atoms with E-state index in [1.165, 1.54) is 23.9 Å². The maximum Gasteiger partial charge on any atom is 0.269 e. The van der Waals surface area contributed by atoms with Crippen LogP contribution in [0.5, 0.6) is 11.5 Å². The molecular weight excluding hydrogens is 464 g/mol. The fraction of sp³-hybridized carbons (Fsp3) is 0.174. The first kappa shape index (κ1) is 22.3. The molecule has 0 fully saturated rings. The zero-order valence-corrected chi connectivity index (χ0v) is 18.7. The van der Waals surface area contributed by atoms with Gasteiger partial charge in [-0.3, -0.25) is 10.1 Å². The fourth-order valence-electron chi connectivity index (χ4n) is 2.73. The molecule has 0 spiro atoms. The van der Waals surface area contributed by atoms with E-state index in [9.17, 15) is 10.1 Å². The molecule has 160 valence electrons. The first-order valence-corrected chi connectivity index (χ1v) is 10.2. The van der Waals surface area contributed by atoms with Gasteiger partial charge in [0, 0.05) is 22.2 Å². The molecule has 0 saturated heterocycles. The number of ether oxygens (including phenoxy) is 2. The minimum absolute atomic E-state index is 0.0128. The van der Waals surface area contributed by atoms with Crippen molar-refractivity contribution in [1.82, 2.24) is 0 Å². The standard InChI is InChI=1S/C23H21BrN2O5/c1-16-6-8-17(9-7-16)14-30-23-12-21(24)19(11-22(23)29-2)13-25-31-15-18-4-3-5-20(10-18)26(27)28/h3-13H,14-15H2,1-2H3/b25-13-. The van der Waals surface area contributed by atoms with Crippen LogP contribution in [0.4, 0.5) is 5.69 Å². The number of non-ortho nitro benzene ring substituents is 1. The molecule has 0 heterocycles. The molecule has 3 aromatic carbocycles. The van der Waals surface area contributed by atoms with Crippen LogP contribution >= 0.6 is 15.9 Å². The van der Waals surface area contributed by atoms with Crippen LogP contribution in [-0.4, -0.2) is 18.2 Å². The highest BCUT2D eigenvalue weighted by Gasteiger charge is 2.10. The Labute approximate surface area is 188 Å². The van der Waals surface area contributed by atoms with E-state index >= 15 is 0 Å². The predicted molar refractivity (Wildman–Crippen MR) is 122 cm³/mol. The number of hydrogen-bond donors (Lipinski definition) is 0. The molecule has 0 aromatic heterocycles. The SMILES string of the molecule is COc1cc(/C=N\OCc2cccc([N+](=O)[O-])c2)c(Br)cc1OCc1ccc(C)cc1. The maximum absolute atomic E-state index is 10.8. The zero-order valence-electron chi connectivity index (χ0n) is 17.1. The van der Waals surface area contributed by atoms with Crippen molar-refractivity contribution < 1.29 is 19.2 Å². The second kappa shape index (κ2) is 10.6. The lowest BCUT2D eigenvalue weighted by atomic mass is 10.2. The Morgan fingerprint density at radius 1 is 1.03 bits per heavy atom. The number of nitrogens with zero attached hydrogens (tertiary/aromatic N) is 2. The smallest absolute Gasteiger partial charge is 0.269 e. The quantitative estimate of drug-likeness (QED) is 0.217. The largest absolute Gasteiger partial charge is 0.493 e. The molecule has 0 saturated carbocycles. The van der Waals surface area contributed by atoms with E-state index in [1.807, 2.05) is 37.3 Å². The molecule has 0 N–H and O–H groups in total. The van der Waals surface area contributed by atoms with Gasteiger partial charge in [0.05, 0.1) is 18.2 Å². The second-order valence-electron chi connectivity index (χ2n) is 6.73.